The highest BCUT2D eigenvalue weighted by molar-refractivity contribution is 6.05. The lowest BCUT2D eigenvalue weighted by atomic mass is 9.67. The molecule has 2 atom stereocenters. The number of hydrogen-bond acceptors (Lipinski definition) is 4. The number of nitrogens with zero attached hydrogens (tertiary/aromatic N) is 1. The molecule has 0 amide bonds. The van der Waals surface area contributed by atoms with Crippen molar-refractivity contribution in [3.63, 3.8) is 0 Å². The number of carbonyl (C=O) groups is 2. The van der Waals surface area contributed by atoms with E-state index < -0.39 is 22.7 Å². The lowest BCUT2D eigenvalue weighted by Gasteiger charge is -2.34. The Morgan fingerprint density at radius 2 is 0.825 bits per heavy atom. The maximum absolute atomic E-state index is 14.4. The molecule has 5 aromatic carbocycles. The van der Waals surface area contributed by atoms with Crippen LogP contribution in [0.5, 0.6) is 0 Å². The monoisotopic (exact) mass is 525 g/mol. The van der Waals surface area contributed by atoms with Crippen LogP contribution in [0.4, 0.5) is 5.69 Å². The molecule has 0 aliphatic heterocycles. The van der Waals surface area contributed by atoms with Crippen LogP contribution >= 0.6 is 0 Å². The maximum atomic E-state index is 14.4. The highest BCUT2D eigenvalue weighted by Crippen LogP contribution is 2.47. The van der Waals surface area contributed by atoms with E-state index in [0.717, 1.165) is 11.1 Å². The minimum Gasteiger partial charge on any atom is -0.293 e. The maximum Gasteiger partial charge on any atom is 0.269 e. The third-order valence-corrected chi connectivity index (χ3v) is 7.21. The number of nitro benzene ring substituents is 1. The molecular formula is C35H27NO4. The normalized spacial score (nSPS) is 12.4. The number of non-ortho nitro benzene ring substituents is 1. The Kier molecular flexibility index (Phi) is 8.02. The fourth-order valence-electron chi connectivity index (χ4n) is 5.32. The van der Waals surface area contributed by atoms with Crippen LogP contribution < -0.4 is 0 Å². The Hall–Kier alpha value is -5.16. The summed E-state index contributed by atoms with van der Waals surface area (Å²) in [6.45, 7) is 0. The van der Waals surface area contributed by atoms with Crippen LogP contribution in [0.1, 0.15) is 55.2 Å². The second-order valence-electron chi connectivity index (χ2n) is 9.61. The van der Waals surface area contributed by atoms with Crippen molar-refractivity contribution in [1.82, 2.24) is 0 Å². The highest BCUT2D eigenvalue weighted by Gasteiger charge is 2.41. The zero-order valence-electron chi connectivity index (χ0n) is 21.7. The Morgan fingerprint density at radius 1 is 0.475 bits per heavy atom. The number of nitro groups is 1. The summed E-state index contributed by atoms with van der Waals surface area (Å²) in [5.41, 5.74) is 3.20. The molecule has 5 rings (SSSR count). The second kappa shape index (κ2) is 12.1. The molecule has 0 saturated carbocycles. The lowest BCUT2D eigenvalue weighted by Crippen LogP contribution is -2.30. The summed E-state index contributed by atoms with van der Waals surface area (Å²) >= 11 is 0. The van der Waals surface area contributed by atoms with Gasteiger partial charge < -0.3 is 0 Å². The van der Waals surface area contributed by atoms with Gasteiger partial charge in [0.1, 0.15) is 0 Å². The van der Waals surface area contributed by atoms with Crippen molar-refractivity contribution in [3.8, 4) is 0 Å². The smallest absolute Gasteiger partial charge is 0.269 e. The molecule has 0 aliphatic carbocycles. The van der Waals surface area contributed by atoms with E-state index in [1.54, 1.807) is 36.4 Å². The molecule has 0 heterocycles. The minimum atomic E-state index is -0.747. The molecular weight excluding hydrogens is 498 g/mol. The first-order valence-electron chi connectivity index (χ1n) is 13.1. The van der Waals surface area contributed by atoms with Gasteiger partial charge in [-0.25, -0.2) is 0 Å². The standard InChI is InChI=1S/C35H27NO4/c37-34(28-17-9-3-10-18-28)32(25-13-5-1-6-14-25)31(27-21-23-30(24-22-27)36(39)40)33(26-15-7-2-8-16-26)35(38)29-19-11-4-12-20-29/h1-24,31-33H/t32-,33-/m0/s1. The van der Waals surface area contributed by atoms with Crippen LogP contribution in [0.15, 0.2) is 146 Å². The van der Waals surface area contributed by atoms with Gasteiger partial charge in [0.25, 0.3) is 5.69 Å². The van der Waals surface area contributed by atoms with E-state index >= 15 is 0 Å². The van der Waals surface area contributed by atoms with E-state index in [9.17, 15) is 19.7 Å². The molecule has 0 unspecified atom stereocenters. The van der Waals surface area contributed by atoms with Crippen molar-refractivity contribution < 1.29 is 14.5 Å². The van der Waals surface area contributed by atoms with Gasteiger partial charge in [0.2, 0.25) is 0 Å². The van der Waals surface area contributed by atoms with Gasteiger partial charge in [-0.15, -0.1) is 0 Å². The van der Waals surface area contributed by atoms with Crippen molar-refractivity contribution in [2.45, 2.75) is 17.8 Å². The average Bonchev–Trinajstić information content (AvgIpc) is 3.02. The predicted octanol–water partition coefficient (Wildman–Crippen LogP) is 8.01. The molecule has 196 valence electrons. The fraction of sp³-hybridized carbons (Fsp3) is 0.0857. The largest absolute Gasteiger partial charge is 0.293 e. The molecule has 40 heavy (non-hydrogen) atoms. The third-order valence-electron chi connectivity index (χ3n) is 7.21. The van der Waals surface area contributed by atoms with Gasteiger partial charge in [-0.05, 0) is 16.7 Å². The molecule has 0 radical (unpaired) electrons. The van der Waals surface area contributed by atoms with E-state index in [1.165, 1.54) is 12.1 Å². The van der Waals surface area contributed by atoms with Crippen LogP contribution in [0.2, 0.25) is 0 Å². The zero-order valence-corrected chi connectivity index (χ0v) is 21.7. The van der Waals surface area contributed by atoms with Gasteiger partial charge in [-0.2, -0.15) is 0 Å². The zero-order chi connectivity index (χ0) is 27.9. The number of carbonyl (C=O) groups excluding carboxylic acids is 2. The van der Waals surface area contributed by atoms with Gasteiger partial charge in [0.05, 0.1) is 16.8 Å². The Morgan fingerprint density at radius 3 is 1.18 bits per heavy atom. The molecule has 0 aliphatic rings. The number of hydrogen-bond donors (Lipinski definition) is 0. The molecule has 0 N–H and O–H groups in total. The summed E-state index contributed by atoms with van der Waals surface area (Å²) < 4.78 is 0. The molecule has 0 saturated heterocycles. The van der Waals surface area contributed by atoms with Crippen LogP contribution in [-0.4, -0.2) is 16.5 Å². The summed E-state index contributed by atoms with van der Waals surface area (Å²) in [7, 11) is 0. The summed E-state index contributed by atoms with van der Waals surface area (Å²) in [5, 5.41) is 11.5. The SMILES string of the molecule is O=C(c1ccccc1)[C@@H](c1ccccc1)C(c1ccc([N+](=O)[O-])cc1)[C@@H](C(=O)c1ccccc1)c1ccccc1. The number of ketones is 2. The van der Waals surface area contributed by atoms with Gasteiger partial charge in [0, 0.05) is 29.2 Å². The number of Topliss-reactive ketones (excluding diaryl/α,β-unsaturated/α-hetero) is 2. The van der Waals surface area contributed by atoms with Crippen LogP contribution in [0.25, 0.3) is 0 Å². The van der Waals surface area contributed by atoms with Crippen molar-refractivity contribution in [2.24, 2.45) is 0 Å². The Balaban J connectivity index is 1.78. The molecule has 5 nitrogen and oxygen atoms in total. The fourth-order valence-corrected chi connectivity index (χ4v) is 5.32. The van der Waals surface area contributed by atoms with E-state index in [1.807, 2.05) is 97.1 Å². The average molecular weight is 526 g/mol. The minimum absolute atomic E-state index is 0.0567. The summed E-state index contributed by atoms with van der Waals surface area (Å²) in [5.74, 6) is -2.41. The lowest BCUT2D eigenvalue weighted by molar-refractivity contribution is -0.384. The molecule has 0 aromatic heterocycles. The summed E-state index contributed by atoms with van der Waals surface area (Å²) in [6, 6.07) is 43.2. The number of benzene rings is 5. The van der Waals surface area contributed by atoms with E-state index in [-0.39, 0.29) is 17.3 Å². The number of rotatable bonds is 10. The van der Waals surface area contributed by atoms with Gasteiger partial charge in [-0.3, -0.25) is 19.7 Å². The van der Waals surface area contributed by atoms with Crippen molar-refractivity contribution in [2.75, 3.05) is 0 Å². The van der Waals surface area contributed by atoms with E-state index in [0.29, 0.717) is 16.7 Å². The predicted molar refractivity (Wildman–Crippen MR) is 156 cm³/mol. The van der Waals surface area contributed by atoms with Gasteiger partial charge >= 0.3 is 0 Å². The van der Waals surface area contributed by atoms with E-state index in [4.69, 9.17) is 0 Å². The van der Waals surface area contributed by atoms with Crippen LogP contribution in [0, 0.1) is 10.1 Å². The molecule has 5 aromatic rings. The summed E-state index contributed by atoms with van der Waals surface area (Å²) in [4.78, 5) is 39.8. The highest BCUT2D eigenvalue weighted by atomic mass is 16.6. The molecule has 0 fully saturated rings. The van der Waals surface area contributed by atoms with Crippen LogP contribution in [0.3, 0.4) is 0 Å². The molecule has 0 spiro atoms. The van der Waals surface area contributed by atoms with Crippen molar-refractivity contribution in [3.05, 3.63) is 184 Å². The first-order chi connectivity index (χ1) is 19.5. The molecule has 5 heteroatoms. The topological polar surface area (TPSA) is 77.3 Å². The Labute approximate surface area is 232 Å². The Bertz CT molecular complexity index is 1490. The molecule has 0 bridgehead atoms. The van der Waals surface area contributed by atoms with Gasteiger partial charge in [-0.1, -0.05) is 133 Å². The third kappa shape index (κ3) is 5.64. The summed E-state index contributed by atoms with van der Waals surface area (Å²) in [6.07, 6.45) is 0. The van der Waals surface area contributed by atoms with Crippen LogP contribution in [-0.2, 0) is 0 Å². The van der Waals surface area contributed by atoms with Crippen molar-refractivity contribution >= 4 is 17.3 Å². The first kappa shape index (κ1) is 26.4. The van der Waals surface area contributed by atoms with E-state index in [2.05, 4.69) is 0 Å². The quantitative estimate of drug-likeness (QED) is 0.105. The van der Waals surface area contributed by atoms with Crippen molar-refractivity contribution in [1.29, 1.82) is 0 Å². The van der Waals surface area contributed by atoms with Gasteiger partial charge in [0.15, 0.2) is 11.6 Å². The first-order valence-corrected chi connectivity index (χ1v) is 13.1. The second-order valence-corrected chi connectivity index (χ2v) is 9.61.